The molecule has 0 saturated heterocycles. The molecule has 13 heavy (non-hydrogen) atoms. The molecule has 3 heteroatoms. The first kappa shape index (κ1) is 7.86. The molecule has 0 amide bonds. The zero-order chi connectivity index (χ0) is 9.26. The molecule has 0 radical (unpaired) electrons. The van der Waals surface area contributed by atoms with Gasteiger partial charge in [-0.1, -0.05) is 6.07 Å². The van der Waals surface area contributed by atoms with Crippen molar-refractivity contribution in [1.29, 1.82) is 0 Å². The van der Waals surface area contributed by atoms with Gasteiger partial charge in [0, 0.05) is 11.6 Å². The van der Waals surface area contributed by atoms with Crippen LogP contribution in [-0.2, 0) is 0 Å². The first-order valence-electron chi connectivity index (χ1n) is 3.81. The van der Waals surface area contributed by atoms with Gasteiger partial charge in [0.15, 0.2) is 6.29 Å². The van der Waals surface area contributed by atoms with Crippen molar-refractivity contribution < 1.29 is 9.18 Å². The number of benzene rings is 1. The molecule has 2 nitrogen and oxygen atoms in total. The van der Waals surface area contributed by atoms with E-state index in [4.69, 9.17) is 0 Å². The zero-order valence-corrected chi connectivity index (χ0v) is 6.70. The Morgan fingerprint density at radius 1 is 1.38 bits per heavy atom. The lowest BCUT2D eigenvalue weighted by molar-refractivity contribution is 0.112. The van der Waals surface area contributed by atoms with Gasteiger partial charge in [-0.3, -0.25) is 9.78 Å². The summed E-state index contributed by atoms with van der Waals surface area (Å²) in [5, 5.41) is 0.700. The average molecular weight is 175 g/mol. The van der Waals surface area contributed by atoms with Crippen LogP contribution in [0.25, 0.3) is 10.9 Å². The molecule has 2 aromatic rings. The quantitative estimate of drug-likeness (QED) is 0.622. The summed E-state index contributed by atoms with van der Waals surface area (Å²) in [6.45, 7) is 0. The van der Waals surface area contributed by atoms with Gasteiger partial charge in [-0.2, -0.15) is 0 Å². The van der Waals surface area contributed by atoms with Crippen molar-refractivity contribution in [3.63, 3.8) is 0 Å². The van der Waals surface area contributed by atoms with Crippen LogP contribution in [0.3, 0.4) is 0 Å². The van der Waals surface area contributed by atoms with Crippen LogP contribution in [0, 0.1) is 5.82 Å². The predicted molar refractivity (Wildman–Crippen MR) is 47.1 cm³/mol. The van der Waals surface area contributed by atoms with E-state index in [0.717, 1.165) is 0 Å². The maximum absolute atomic E-state index is 13.1. The van der Waals surface area contributed by atoms with E-state index < -0.39 is 5.82 Å². The Balaban J connectivity index is 2.81. The van der Waals surface area contributed by atoms with E-state index in [0.29, 0.717) is 17.2 Å². The maximum atomic E-state index is 13.1. The summed E-state index contributed by atoms with van der Waals surface area (Å²) in [4.78, 5) is 14.4. The topological polar surface area (TPSA) is 30.0 Å². The van der Waals surface area contributed by atoms with Gasteiger partial charge < -0.3 is 0 Å². The van der Waals surface area contributed by atoms with Crippen molar-refractivity contribution in [3.8, 4) is 0 Å². The van der Waals surface area contributed by atoms with Crippen LogP contribution in [0.2, 0.25) is 0 Å². The molecule has 64 valence electrons. The molecule has 1 heterocycles. The Kier molecular flexibility index (Phi) is 1.77. The summed E-state index contributed by atoms with van der Waals surface area (Å²) in [5.74, 6) is -0.504. The minimum absolute atomic E-state index is 0.0474. The standard InChI is InChI=1S/C10H6FNO/c11-9-4-7-2-1-3-12-10(7)5-8(9)6-13/h1-6H. The molecule has 1 aromatic heterocycles. The lowest BCUT2D eigenvalue weighted by Gasteiger charge is -1.98. The van der Waals surface area contributed by atoms with Crippen molar-refractivity contribution in [3.05, 3.63) is 41.8 Å². The SMILES string of the molecule is O=Cc1cc2ncccc2cc1F. The van der Waals surface area contributed by atoms with E-state index in [1.807, 2.05) is 0 Å². The van der Waals surface area contributed by atoms with Crippen molar-refractivity contribution in [2.45, 2.75) is 0 Å². The smallest absolute Gasteiger partial charge is 0.153 e. The third-order valence-corrected chi connectivity index (χ3v) is 1.85. The maximum Gasteiger partial charge on any atom is 0.153 e. The van der Waals surface area contributed by atoms with Gasteiger partial charge in [0.25, 0.3) is 0 Å². The van der Waals surface area contributed by atoms with E-state index in [-0.39, 0.29) is 5.56 Å². The number of hydrogen-bond acceptors (Lipinski definition) is 2. The summed E-state index contributed by atoms with van der Waals surface area (Å²) >= 11 is 0. The fourth-order valence-corrected chi connectivity index (χ4v) is 1.20. The molecule has 0 spiro atoms. The number of nitrogens with zero attached hydrogens (tertiary/aromatic N) is 1. The Morgan fingerprint density at radius 3 is 3.00 bits per heavy atom. The number of aldehydes is 1. The number of halogens is 1. The fraction of sp³-hybridized carbons (Fsp3) is 0. The second-order valence-corrected chi connectivity index (χ2v) is 2.69. The van der Waals surface area contributed by atoms with Crippen LogP contribution < -0.4 is 0 Å². The number of carbonyl (C=O) groups excluding carboxylic acids is 1. The van der Waals surface area contributed by atoms with Crippen LogP contribution in [0.4, 0.5) is 4.39 Å². The molecule has 1 aromatic carbocycles. The van der Waals surface area contributed by atoms with Crippen LogP contribution >= 0.6 is 0 Å². The highest BCUT2D eigenvalue weighted by Crippen LogP contribution is 2.15. The summed E-state index contributed by atoms with van der Waals surface area (Å²) in [7, 11) is 0. The lowest BCUT2D eigenvalue weighted by atomic mass is 10.1. The molecule has 0 atom stereocenters. The van der Waals surface area contributed by atoms with Gasteiger partial charge in [-0.15, -0.1) is 0 Å². The largest absolute Gasteiger partial charge is 0.298 e. The van der Waals surface area contributed by atoms with Crippen LogP contribution in [0.1, 0.15) is 10.4 Å². The molecule has 0 aliphatic heterocycles. The van der Waals surface area contributed by atoms with E-state index in [9.17, 15) is 9.18 Å². The Labute approximate surface area is 74.0 Å². The predicted octanol–water partition coefficient (Wildman–Crippen LogP) is 2.19. The van der Waals surface area contributed by atoms with Crippen LogP contribution in [0.15, 0.2) is 30.5 Å². The summed E-state index contributed by atoms with van der Waals surface area (Å²) in [6.07, 6.45) is 2.10. The minimum atomic E-state index is -0.504. The highest BCUT2D eigenvalue weighted by Gasteiger charge is 2.03. The summed E-state index contributed by atoms with van der Waals surface area (Å²) in [6, 6.07) is 6.23. The molecule has 0 bridgehead atoms. The molecule has 0 aliphatic carbocycles. The van der Waals surface area contributed by atoms with Crippen molar-refractivity contribution >= 4 is 17.2 Å². The second kappa shape index (κ2) is 2.94. The third kappa shape index (κ3) is 1.28. The van der Waals surface area contributed by atoms with E-state index in [2.05, 4.69) is 4.98 Å². The molecular weight excluding hydrogens is 169 g/mol. The number of carbonyl (C=O) groups is 1. The minimum Gasteiger partial charge on any atom is -0.298 e. The van der Waals surface area contributed by atoms with Gasteiger partial charge in [0.1, 0.15) is 5.82 Å². The van der Waals surface area contributed by atoms with E-state index >= 15 is 0 Å². The summed E-state index contributed by atoms with van der Waals surface area (Å²) < 4.78 is 13.1. The van der Waals surface area contributed by atoms with Gasteiger partial charge in [0.2, 0.25) is 0 Å². The highest BCUT2D eigenvalue weighted by atomic mass is 19.1. The number of rotatable bonds is 1. The number of hydrogen-bond donors (Lipinski definition) is 0. The Hall–Kier alpha value is -1.77. The average Bonchev–Trinajstić information content (AvgIpc) is 2.17. The van der Waals surface area contributed by atoms with Crippen LogP contribution in [0.5, 0.6) is 0 Å². The van der Waals surface area contributed by atoms with E-state index in [1.54, 1.807) is 18.3 Å². The first-order chi connectivity index (χ1) is 6.31. The van der Waals surface area contributed by atoms with Crippen LogP contribution in [-0.4, -0.2) is 11.3 Å². The summed E-state index contributed by atoms with van der Waals surface area (Å²) in [5.41, 5.74) is 0.678. The zero-order valence-electron chi connectivity index (χ0n) is 6.70. The second-order valence-electron chi connectivity index (χ2n) is 2.69. The molecule has 0 N–H and O–H groups in total. The Bertz CT molecular complexity index is 467. The number of pyridine rings is 1. The Morgan fingerprint density at radius 2 is 2.23 bits per heavy atom. The molecule has 0 aliphatic rings. The molecule has 0 fully saturated rings. The van der Waals surface area contributed by atoms with Crippen molar-refractivity contribution in [2.75, 3.05) is 0 Å². The fourth-order valence-electron chi connectivity index (χ4n) is 1.20. The monoisotopic (exact) mass is 175 g/mol. The van der Waals surface area contributed by atoms with Crippen molar-refractivity contribution in [1.82, 2.24) is 4.98 Å². The third-order valence-electron chi connectivity index (χ3n) is 1.85. The normalized spacial score (nSPS) is 10.2. The van der Waals surface area contributed by atoms with Gasteiger partial charge >= 0.3 is 0 Å². The first-order valence-corrected chi connectivity index (χ1v) is 3.81. The van der Waals surface area contributed by atoms with Gasteiger partial charge in [-0.05, 0) is 18.2 Å². The molecule has 0 unspecified atom stereocenters. The van der Waals surface area contributed by atoms with Gasteiger partial charge in [-0.25, -0.2) is 4.39 Å². The van der Waals surface area contributed by atoms with Crippen molar-refractivity contribution in [2.24, 2.45) is 0 Å². The molecule has 0 saturated carbocycles. The lowest BCUT2D eigenvalue weighted by Crippen LogP contribution is -1.88. The number of aromatic nitrogens is 1. The van der Waals surface area contributed by atoms with Gasteiger partial charge in [0.05, 0.1) is 11.1 Å². The van der Waals surface area contributed by atoms with E-state index in [1.165, 1.54) is 12.1 Å². The molecular formula is C10H6FNO. The number of fused-ring (bicyclic) bond motifs is 1. The molecule has 2 rings (SSSR count). The highest BCUT2D eigenvalue weighted by molar-refractivity contribution is 5.86.